The largest absolute Gasteiger partial charge is 0.357 e. The second kappa shape index (κ2) is 19.1. The maximum atomic E-state index is 4.76. The molecular weight excluding hydrogens is 599 g/mol. The van der Waals surface area contributed by atoms with Gasteiger partial charge in [-0.2, -0.15) is 9.80 Å². The van der Waals surface area contributed by atoms with Crippen LogP contribution in [0.1, 0.15) is 111 Å². The van der Waals surface area contributed by atoms with Crippen molar-refractivity contribution < 1.29 is 8.97 Å². The van der Waals surface area contributed by atoms with Crippen LogP contribution in [0.3, 0.4) is 0 Å². The fourth-order valence-electron chi connectivity index (χ4n) is 8.56. The van der Waals surface area contributed by atoms with Gasteiger partial charge in [-0.25, -0.2) is 8.97 Å². The summed E-state index contributed by atoms with van der Waals surface area (Å²) in [5, 5.41) is 0.194. The molecule has 8 heteroatoms. The van der Waals surface area contributed by atoms with Crippen LogP contribution >= 0.6 is 23.2 Å². The molecule has 2 aliphatic rings. The lowest BCUT2D eigenvalue weighted by atomic mass is 9.97. The normalized spacial score (nSPS) is 20.4. The zero-order chi connectivity index (χ0) is 35.4. The molecule has 2 saturated heterocycles. The van der Waals surface area contributed by atoms with Crippen LogP contribution in [0.15, 0.2) is 9.98 Å². The van der Waals surface area contributed by atoms with Crippen molar-refractivity contribution in [2.45, 2.75) is 128 Å². The SMILES string of the molecule is CC(C)C[N+]1(CC(C)C)CCN(C(C)(C)C)C12N(C(C)(C)C)CC[N+]2(CC(C)C)CC(C)C.CN=CC=NCC(C)C.ClCCl. The molecule has 0 unspecified atom stereocenters. The summed E-state index contributed by atoms with van der Waals surface area (Å²) in [6.07, 6.45) is 3.43. The average Bonchev–Trinajstić information content (AvgIpc) is 3.32. The Morgan fingerprint density at radius 1 is 0.622 bits per heavy atom. The fraction of sp³-hybridized carbons (Fsp3) is 0.946. The van der Waals surface area contributed by atoms with Gasteiger partial charge in [-0.1, -0.05) is 69.2 Å². The van der Waals surface area contributed by atoms with Gasteiger partial charge in [0.2, 0.25) is 0 Å². The Kier molecular flexibility index (Phi) is 19.0. The van der Waals surface area contributed by atoms with Crippen molar-refractivity contribution in [3.8, 4) is 0 Å². The quantitative estimate of drug-likeness (QED) is 0.124. The van der Waals surface area contributed by atoms with E-state index in [4.69, 9.17) is 23.2 Å². The molecule has 0 saturated carbocycles. The van der Waals surface area contributed by atoms with Crippen molar-refractivity contribution in [2.24, 2.45) is 39.6 Å². The molecule has 6 nitrogen and oxygen atoms in total. The summed E-state index contributed by atoms with van der Waals surface area (Å²) in [5.41, 5.74) is 0.249. The van der Waals surface area contributed by atoms with Crippen molar-refractivity contribution in [1.82, 2.24) is 9.80 Å². The summed E-state index contributed by atoms with van der Waals surface area (Å²) in [4.78, 5) is 13.9. The van der Waals surface area contributed by atoms with E-state index in [1.165, 1.54) is 61.3 Å². The molecule has 0 aromatic heterocycles. The molecule has 0 atom stereocenters. The van der Waals surface area contributed by atoms with Crippen LogP contribution in [-0.4, -0.2) is 119 Å². The topological polar surface area (TPSA) is 31.2 Å². The lowest BCUT2D eigenvalue weighted by Gasteiger charge is -2.63. The third kappa shape index (κ3) is 12.0. The van der Waals surface area contributed by atoms with Gasteiger partial charge in [-0.15, -0.1) is 23.2 Å². The number of halogens is 2. The molecule has 0 radical (unpaired) electrons. The second-order valence-electron chi connectivity index (χ2n) is 17.7. The zero-order valence-corrected chi connectivity index (χ0v) is 34.6. The second-order valence-corrected chi connectivity index (χ2v) is 18.5. The van der Waals surface area contributed by atoms with Gasteiger partial charge in [0.25, 0.3) is 0 Å². The third-order valence-corrected chi connectivity index (χ3v) is 8.77. The average molecular weight is 678 g/mol. The van der Waals surface area contributed by atoms with E-state index in [1.807, 2.05) is 0 Å². The van der Waals surface area contributed by atoms with E-state index in [9.17, 15) is 0 Å². The Balaban J connectivity index is 0.00000137. The molecule has 1 spiro atoms. The summed E-state index contributed by atoms with van der Waals surface area (Å²) >= 11 is 9.53. The lowest BCUT2D eigenvalue weighted by Crippen LogP contribution is -2.87. The molecule has 2 aliphatic heterocycles. The Labute approximate surface area is 292 Å². The van der Waals surface area contributed by atoms with E-state index in [0.717, 1.165) is 6.54 Å². The monoisotopic (exact) mass is 677 g/mol. The van der Waals surface area contributed by atoms with E-state index in [-0.39, 0.29) is 22.3 Å². The van der Waals surface area contributed by atoms with E-state index < -0.39 is 0 Å². The van der Waals surface area contributed by atoms with Crippen molar-refractivity contribution in [3.05, 3.63) is 0 Å². The summed E-state index contributed by atoms with van der Waals surface area (Å²) in [6.45, 7) is 49.8. The number of hydrogen-bond donors (Lipinski definition) is 0. The summed E-state index contributed by atoms with van der Waals surface area (Å²) in [6, 6.07) is 0. The van der Waals surface area contributed by atoms with Gasteiger partial charge in [0.05, 0.1) is 57.7 Å². The zero-order valence-electron chi connectivity index (χ0n) is 33.1. The first-order chi connectivity index (χ1) is 20.5. The highest BCUT2D eigenvalue weighted by atomic mass is 35.5. The number of aliphatic imine (C=N–C) groups is 2. The molecule has 2 rings (SSSR count). The van der Waals surface area contributed by atoms with Crippen LogP contribution in [0.25, 0.3) is 0 Å². The van der Waals surface area contributed by atoms with Crippen LogP contribution in [0, 0.1) is 29.6 Å². The summed E-state index contributed by atoms with van der Waals surface area (Å²) < 4.78 is 2.46. The Bertz CT molecular complexity index is 791. The molecule has 0 aromatic carbocycles. The number of nitrogens with zero attached hydrogens (tertiary/aromatic N) is 6. The molecule has 0 aromatic rings. The van der Waals surface area contributed by atoms with E-state index in [1.54, 1.807) is 19.5 Å². The molecule has 0 N–H and O–H groups in total. The number of rotatable bonds is 11. The molecular formula is C37H78Cl2N6+2. The van der Waals surface area contributed by atoms with Crippen LogP contribution in [-0.2, 0) is 0 Å². The molecule has 45 heavy (non-hydrogen) atoms. The molecule has 268 valence electrons. The van der Waals surface area contributed by atoms with Gasteiger partial charge in [0.15, 0.2) is 0 Å². The van der Waals surface area contributed by atoms with Crippen LogP contribution in [0.5, 0.6) is 0 Å². The van der Waals surface area contributed by atoms with E-state index >= 15 is 0 Å². The molecule has 0 bridgehead atoms. The Morgan fingerprint density at radius 3 is 1.16 bits per heavy atom. The maximum Gasteiger partial charge on any atom is 0.357 e. The first-order valence-corrected chi connectivity index (χ1v) is 18.9. The first-order valence-electron chi connectivity index (χ1n) is 17.8. The first kappa shape index (κ1) is 44.8. The number of quaternary nitrogens is 2. The van der Waals surface area contributed by atoms with Crippen molar-refractivity contribution in [1.29, 1.82) is 0 Å². The van der Waals surface area contributed by atoms with Crippen molar-refractivity contribution in [2.75, 3.05) is 71.3 Å². The highest BCUT2D eigenvalue weighted by Crippen LogP contribution is 2.55. The lowest BCUT2D eigenvalue weighted by molar-refractivity contribution is -1.18. The summed E-state index contributed by atoms with van der Waals surface area (Å²) in [7, 11) is 1.74. The predicted molar refractivity (Wildman–Crippen MR) is 204 cm³/mol. The Morgan fingerprint density at radius 2 is 0.933 bits per heavy atom. The van der Waals surface area contributed by atoms with Crippen molar-refractivity contribution >= 4 is 35.6 Å². The van der Waals surface area contributed by atoms with Gasteiger partial charge in [0.1, 0.15) is 0 Å². The predicted octanol–water partition coefficient (Wildman–Crippen LogP) is 8.92. The van der Waals surface area contributed by atoms with Gasteiger partial charge >= 0.3 is 5.91 Å². The van der Waals surface area contributed by atoms with E-state index in [0.29, 0.717) is 29.6 Å². The minimum Gasteiger partial charge on any atom is -0.295 e. The van der Waals surface area contributed by atoms with Crippen molar-refractivity contribution in [3.63, 3.8) is 0 Å². The third-order valence-electron chi connectivity index (χ3n) is 8.77. The van der Waals surface area contributed by atoms with Gasteiger partial charge in [-0.05, 0) is 47.5 Å². The minimum absolute atomic E-state index is 0.0143. The number of alkyl halides is 2. The fourth-order valence-corrected chi connectivity index (χ4v) is 8.56. The minimum atomic E-state index is -0.0143. The van der Waals surface area contributed by atoms with Crippen LogP contribution in [0.4, 0.5) is 0 Å². The summed E-state index contributed by atoms with van der Waals surface area (Å²) in [5.74, 6) is 3.36. The number of hydrogen-bond acceptors (Lipinski definition) is 4. The van der Waals surface area contributed by atoms with Crippen LogP contribution < -0.4 is 0 Å². The van der Waals surface area contributed by atoms with Gasteiger partial charge in [-0.3, -0.25) is 9.98 Å². The maximum absolute atomic E-state index is 4.76. The standard InChI is InChI=1S/C29H62N4.C7H14N2.CH2Cl2/c1-23(2)19-32(20-24(3)4)17-15-30(27(9,10)11)29(32)31(28(12,13)14)16-18-33(29,21-25(5)6)22-26(7)8;1-7(2)6-9-5-4-8-3;2-1-3/h23-26H,15-22H2,1-14H3;4-5,7H,6H2,1-3H3;1H2/q+2;;. The highest BCUT2D eigenvalue weighted by molar-refractivity contribution is 6.40. The van der Waals surface area contributed by atoms with Gasteiger partial charge < -0.3 is 0 Å². The molecule has 2 heterocycles. The molecule has 0 amide bonds. The molecule has 2 fully saturated rings. The Hall–Kier alpha value is -0.240. The highest BCUT2D eigenvalue weighted by Gasteiger charge is 2.80. The van der Waals surface area contributed by atoms with Gasteiger partial charge in [0, 0.05) is 60.8 Å². The van der Waals surface area contributed by atoms with Crippen LogP contribution in [0.2, 0.25) is 0 Å². The smallest absolute Gasteiger partial charge is 0.295 e. The van der Waals surface area contributed by atoms with E-state index in [2.05, 4.69) is 131 Å². The molecule has 0 aliphatic carbocycles.